The molecule has 2 aromatic rings. The van der Waals surface area contributed by atoms with Crippen molar-refractivity contribution in [2.24, 2.45) is 0 Å². The van der Waals surface area contributed by atoms with Gasteiger partial charge in [-0.2, -0.15) is 0 Å². The average Bonchev–Trinajstić information content (AvgIpc) is 2.41. The van der Waals surface area contributed by atoms with Crippen LogP contribution in [-0.4, -0.2) is 7.05 Å². The summed E-state index contributed by atoms with van der Waals surface area (Å²) < 4.78 is 26.6. The van der Waals surface area contributed by atoms with Gasteiger partial charge in [-0.1, -0.05) is 29.8 Å². The van der Waals surface area contributed by atoms with Gasteiger partial charge in [-0.3, -0.25) is 0 Å². The fraction of sp³-hybridized carbons (Fsp3) is 0.250. The van der Waals surface area contributed by atoms with E-state index in [4.69, 9.17) is 11.6 Å². The van der Waals surface area contributed by atoms with E-state index in [0.717, 1.165) is 17.2 Å². The van der Waals surface area contributed by atoms with Crippen LogP contribution in [0.15, 0.2) is 36.4 Å². The van der Waals surface area contributed by atoms with Crippen molar-refractivity contribution in [3.05, 3.63) is 69.7 Å². The number of hydrogen-bond donors (Lipinski definition) is 1. The van der Waals surface area contributed by atoms with Crippen molar-refractivity contribution in [3.63, 3.8) is 0 Å². The van der Waals surface area contributed by atoms with Crippen LogP contribution >= 0.6 is 11.6 Å². The summed E-state index contributed by atoms with van der Waals surface area (Å²) in [5, 5.41) is 3.82. The van der Waals surface area contributed by atoms with Gasteiger partial charge in [0.1, 0.15) is 11.6 Å². The number of rotatable bonds is 4. The highest BCUT2D eigenvalue weighted by atomic mass is 35.5. The summed E-state index contributed by atoms with van der Waals surface area (Å²) in [5.74, 6) is -1.09. The van der Waals surface area contributed by atoms with Crippen LogP contribution in [0.3, 0.4) is 0 Å². The first kappa shape index (κ1) is 14.9. The van der Waals surface area contributed by atoms with Gasteiger partial charge in [0, 0.05) is 17.1 Å². The maximum Gasteiger partial charge on any atom is 0.129 e. The number of hydrogen-bond acceptors (Lipinski definition) is 1. The molecule has 0 heterocycles. The van der Waals surface area contributed by atoms with Crippen molar-refractivity contribution in [3.8, 4) is 0 Å². The molecule has 4 heteroatoms. The van der Waals surface area contributed by atoms with Crippen LogP contribution in [-0.2, 0) is 6.42 Å². The molecule has 0 saturated carbocycles. The van der Waals surface area contributed by atoms with Gasteiger partial charge in [-0.15, -0.1) is 0 Å². The minimum Gasteiger partial charge on any atom is -0.313 e. The van der Waals surface area contributed by atoms with E-state index in [-0.39, 0.29) is 6.04 Å². The number of benzene rings is 2. The molecule has 0 amide bonds. The Labute approximate surface area is 122 Å². The van der Waals surface area contributed by atoms with Gasteiger partial charge >= 0.3 is 0 Å². The third-order valence-electron chi connectivity index (χ3n) is 3.39. The lowest BCUT2D eigenvalue weighted by atomic mass is 9.98. The lowest BCUT2D eigenvalue weighted by Gasteiger charge is -2.18. The van der Waals surface area contributed by atoms with Gasteiger partial charge in [0.05, 0.1) is 0 Å². The average molecular weight is 296 g/mol. The maximum absolute atomic E-state index is 13.7. The van der Waals surface area contributed by atoms with E-state index in [2.05, 4.69) is 5.32 Å². The van der Waals surface area contributed by atoms with Crippen molar-refractivity contribution in [2.75, 3.05) is 7.05 Å². The molecule has 2 rings (SSSR count). The Morgan fingerprint density at radius 3 is 2.50 bits per heavy atom. The van der Waals surface area contributed by atoms with Gasteiger partial charge < -0.3 is 5.32 Å². The molecule has 1 unspecified atom stereocenters. The van der Waals surface area contributed by atoms with Gasteiger partial charge in [-0.25, -0.2) is 8.78 Å². The van der Waals surface area contributed by atoms with Crippen LogP contribution in [0.1, 0.15) is 22.7 Å². The van der Waals surface area contributed by atoms with Gasteiger partial charge in [-0.05, 0) is 49.2 Å². The molecular formula is C16H16ClF2N. The molecule has 0 aromatic heterocycles. The molecular weight excluding hydrogens is 280 g/mol. The molecule has 106 valence electrons. The Morgan fingerprint density at radius 1 is 1.15 bits per heavy atom. The first-order valence-corrected chi connectivity index (χ1v) is 6.76. The molecule has 1 nitrogen and oxygen atoms in total. The summed E-state index contributed by atoms with van der Waals surface area (Å²) in [6, 6.07) is 9.35. The number of aryl methyl sites for hydroxylation is 1. The van der Waals surface area contributed by atoms with Crippen molar-refractivity contribution >= 4 is 11.6 Å². The zero-order chi connectivity index (χ0) is 14.7. The topological polar surface area (TPSA) is 12.0 Å². The first-order valence-electron chi connectivity index (χ1n) is 6.38. The number of likely N-dealkylation sites (N-methyl/N-ethyl adjacent to an activating group) is 1. The molecule has 20 heavy (non-hydrogen) atoms. The molecule has 0 bridgehead atoms. The normalized spacial score (nSPS) is 12.4. The third kappa shape index (κ3) is 3.35. The van der Waals surface area contributed by atoms with E-state index < -0.39 is 11.6 Å². The largest absolute Gasteiger partial charge is 0.313 e. The quantitative estimate of drug-likeness (QED) is 0.880. The van der Waals surface area contributed by atoms with Crippen LogP contribution in [0, 0.1) is 18.6 Å². The molecule has 0 spiro atoms. The fourth-order valence-corrected chi connectivity index (χ4v) is 2.31. The van der Waals surface area contributed by atoms with Gasteiger partial charge in [0.25, 0.3) is 0 Å². The molecule has 0 fully saturated rings. The minimum atomic E-state index is -0.564. The lowest BCUT2D eigenvalue weighted by molar-refractivity contribution is 0.541. The smallest absolute Gasteiger partial charge is 0.129 e. The van der Waals surface area contributed by atoms with Crippen LogP contribution in [0.25, 0.3) is 0 Å². The Hall–Kier alpha value is -1.45. The first-order chi connectivity index (χ1) is 9.51. The highest BCUT2D eigenvalue weighted by molar-refractivity contribution is 6.31. The number of nitrogens with one attached hydrogen (secondary N) is 1. The maximum atomic E-state index is 13.7. The van der Waals surface area contributed by atoms with E-state index in [1.807, 2.05) is 25.1 Å². The highest BCUT2D eigenvalue weighted by Crippen LogP contribution is 2.24. The highest BCUT2D eigenvalue weighted by Gasteiger charge is 2.14. The summed E-state index contributed by atoms with van der Waals surface area (Å²) in [6.07, 6.45) is 0.433. The molecule has 0 aliphatic rings. The second-order valence-electron chi connectivity index (χ2n) is 4.79. The van der Waals surface area contributed by atoms with E-state index in [0.29, 0.717) is 17.0 Å². The number of halogens is 3. The lowest BCUT2D eigenvalue weighted by Crippen LogP contribution is -2.19. The van der Waals surface area contributed by atoms with Gasteiger partial charge in [0.2, 0.25) is 0 Å². The molecule has 0 radical (unpaired) electrons. The standard InChI is InChI=1S/C16H16ClF2N/c1-10-3-4-12(7-14(10)17)16(20-2)8-11-5-6-13(18)9-15(11)19/h3-7,9,16,20H,8H2,1-2H3. The zero-order valence-electron chi connectivity index (χ0n) is 11.4. The Kier molecular flexibility index (Phi) is 4.73. The summed E-state index contributed by atoms with van der Waals surface area (Å²) in [6.45, 7) is 1.93. The van der Waals surface area contributed by atoms with Crippen LogP contribution in [0.4, 0.5) is 8.78 Å². The van der Waals surface area contributed by atoms with Crippen LogP contribution in [0.5, 0.6) is 0 Å². The third-order valence-corrected chi connectivity index (χ3v) is 3.79. The van der Waals surface area contributed by atoms with Crippen molar-refractivity contribution in [1.82, 2.24) is 5.32 Å². The SMILES string of the molecule is CNC(Cc1ccc(F)cc1F)c1ccc(C)c(Cl)c1. The minimum absolute atomic E-state index is 0.0759. The monoisotopic (exact) mass is 295 g/mol. The summed E-state index contributed by atoms with van der Waals surface area (Å²) in [4.78, 5) is 0. The van der Waals surface area contributed by atoms with Crippen LogP contribution in [0.2, 0.25) is 5.02 Å². The van der Waals surface area contributed by atoms with Crippen molar-refractivity contribution in [1.29, 1.82) is 0 Å². The van der Waals surface area contributed by atoms with E-state index in [1.165, 1.54) is 12.1 Å². The second-order valence-corrected chi connectivity index (χ2v) is 5.20. The zero-order valence-corrected chi connectivity index (χ0v) is 12.1. The molecule has 1 N–H and O–H groups in total. The van der Waals surface area contributed by atoms with E-state index >= 15 is 0 Å². The Morgan fingerprint density at radius 2 is 1.90 bits per heavy atom. The van der Waals surface area contributed by atoms with E-state index in [9.17, 15) is 8.78 Å². The fourth-order valence-electron chi connectivity index (χ4n) is 2.12. The molecule has 2 aromatic carbocycles. The second kappa shape index (κ2) is 6.33. The van der Waals surface area contributed by atoms with Crippen molar-refractivity contribution < 1.29 is 8.78 Å². The molecule has 0 saturated heterocycles. The molecule has 0 aliphatic carbocycles. The van der Waals surface area contributed by atoms with Crippen LogP contribution < -0.4 is 5.32 Å². The molecule has 0 aliphatic heterocycles. The Balaban J connectivity index is 2.26. The predicted octanol–water partition coefficient (Wildman–Crippen LogP) is 4.43. The summed E-state index contributed by atoms with van der Waals surface area (Å²) in [7, 11) is 1.81. The molecule has 1 atom stereocenters. The summed E-state index contributed by atoms with van der Waals surface area (Å²) in [5.41, 5.74) is 2.45. The summed E-state index contributed by atoms with van der Waals surface area (Å²) >= 11 is 6.12. The van der Waals surface area contributed by atoms with Crippen molar-refractivity contribution in [2.45, 2.75) is 19.4 Å². The van der Waals surface area contributed by atoms with Gasteiger partial charge in [0.15, 0.2) is 0 Å². The predicted molar refractivity (Wildman–Crippen MR) is 78.1 cm³/mol. The van der Waals surface area contributed by atoms with E-state index in [1.54, 1.807) is 7.05 Å². The Bertz CT molecular complexity index is 613.